The molecule has 25 heavy (non-hydrogen) atoms. The van der Waals surface area contributed by atoms with Crippen LogP contribution in [0.1, 0.15) is 46.1 Å². The normalized spacial score (nSPS) is 29.7. The van der Waals surface area contributed by atoms with Gasteiger partial charge in [0, 0.05) is 22.1 Å². The van der Waals surface area contributed by atoms with Gasteiger partial charge in [0.1, 0.15) is 5.82 Å². The van der Waals surface area contributed by atoms with E-state index in [0.717, 1.165) is 6.07 Å². The molecule has 0 aliphatic carbocycles. The van der Waals surface area contributed by atoms with Crippen LogP contribution in [0.25, 0.3) is 0 Å². The van der Waals surface area contributed by atoms with E-state index in [-0.39, 0.29) is 5.02 Å². The summed E-state index contributed by atoms with van der Waals surface area (Å²) in [6.07, 6.45) is 0. The van der Waals surface area contributed by atoms with Gasteiger partial charge in [-0.1, -0.05) is 38.4 Å². The van der Waals surface area contributed by atoms with E-state index in [1.807, 2.05) is 20.8 Å². The topological polar surface area (TPSA) is 73.5 Å². The number of aliphatic imine (C=N–C) groups is 1. The highest BCUT2D eigenvalue weighted by Gasteiger charge is 2.56. The van der Waals surface area contributed by atoms with Gasteiger partial charge in [0.25, 0.3) is 0 Å². The second-order valence-corrected chi connectivity index (χ2v) is 8.19. The lowest BCUT2D eigenvalue weighted by atomic mass is 9.59. The van der Waals surface area contributed by atoms with Crippen LogP contribution in [0, 0.1) is 33.9 Å². The van der Waals surface area contributed by atoms with E-state index in [4.69, 9.17) is 11.6 Å². The molecule has 0 saturated heterocycles. The number of nitrogens with zero attached hydrogens (tertiary/aromatic N) is 2. The zero-order valence-electron chi connectivity index (χ0n) is 15.0. The summed E-state index contributed by atoms with van der Waals surface area (Å²) in [7, 11) is 0. The number of aliphatic carboxylic acids is 1. The monoisotopic (exact) mass is 364 g/mol. The molecule has 0 bridgehead atoms. The fourth-order valence-electron chi connectivity index (χ4n) is 3.55. The summed E-state index contributed by atoms with van der Waals surface area (Å²) in [5.74, 6) is -3.06. The second-order valence-electron chi connectivity index (χ2n) is 7.78. The first-order chi connectivity index (χ1) is 11.4. The molecule has 4 unspecified atom stereocenters. The van der Waals surface area contributed by atoms with Gasteiger partial charge in [0.2, 0.25) is 0 Å². The van der Waals surface area contributed by atoms with Crippen LogP contribution >= 0.6 is 11.6 Å². The number of rotatable bonds is 2. The van der Waals surface area contributed by atoms with Crippen molar-refractivity contribution in [3.63, 3.8) is 0 Å². The highest BCUT2D eigenvalue weighted by atomic mass is 35.5. The van der Waals surface area contributed by atoms with Crippen molar-refractivity contribution in [1.29, 1.82) is 5.26 Å². The number of halogens is 2. The van der Waals surface area contributed by atoms with Gasteiger partial charge in [-0.25, -0.2) is 4.39 Å². The van der Waals surface area contributed by atoms with E-state index < -0.39 is 40.5 Å². The minimum atomic E-state index is -1.34. The van der Waals surface area contributed by atoms with Gasteiger partial charge in [-0.05, 0) is 31.5 Å². The molecule has 0 amide bonds. The largest absolute Gasteiger partial charge is 0.481 e. The molecular weight excluding hydrogens is 343 g/mol. The van der Waals surface area contributed by atoms with Gasteiger partial charge in [0.05, 0.1) is 23.4 Å². The van der Waals surface area contributed by atoms with Gasteiger partial charge >= 0.3 is 5.97 Å². The number of carbonyl (C=O) groups is 1. The molecule has 1 N–H and O–H groups in total. The van der Waals surface area contributed by atoms with Crippen molar-refractivity contribution in [2.75, 3.05) is 0 Å². The molecule has 0 radical (unpaired) electrons. The molecule has 4 nitrogen and oxygen atoms in total. The molecule has 0 aromatic heterocycles. The van der Waals surface area contributed by atoms with Crippen molar-refractivity contribution >= 4 is 23.3 Å². The zero-order valence-corrected chi connectivity index (χ0v) is 15.7. The summed E-state index contributed by atoms with van der Waals surface area (Å²) in [5.41, 5.74) is -0.634. The first-order valence-corrected chi connectivity index (χ1v) is 8.48. The quantitative estimate of drug-likeness (QED) is 0.827. The summed E-state index contributed by atoms with van der Waals surface area (Å²) in [5, 5.41) is 19.9. The summed E-state index contributed by atoms with van der Waals surface area (Å²) in [4.78, 5) is 16.8. The Morgan fingerprint density at radius 1 is 1.44 bits per heavy atom. The Morgan fingerprint density at radius 2 is 2.04 bits per heavy atom. The summed E-state index contributed by atoms with van der Waals surface area (Å²) < 4.78 is 13.5. The van der Waals surface area contributed by atoms with Crippen molar-refractivity contribution in [3.05, 3.63) is 34.6 Å². The number of hydrogen-bond acceptors (Lipinski definition) is 3. The van der Waals surface area contributed by atoms with Crippen LogP contribution in [0.4, 0.5) is 4.39 Å². The molecule has 134 valence electrons. The number of nitriles is 1. The fraction of sp³-hybridized carbons (Fsp3) is 0.526. The number of benzene rings is 1. The minimum absolute atomic E-state index is 0.125. The predicted octanol–water partition coefficient (Wildman–Crippen LogP) is 4.68. The predicted molar refractivity (Wildman–Crippen MR) is 95.3 cm³/mol. The second kappa shape index (κ2) is 6.42. The maximum atomic E-state index is 13.5. The van der Waals surface area contributed by atoms with E-state index in [1.54, 1.807) is 13.8 Å². The lowest BCUT2D eigenvalue weighted by Crippen LogP contribution is -2.52. The molecule has 1 aromatic carbocycles. The Balaban J connectivity index is 2.80. The standard InChI is InChI=1S/C19H22ClFN2O2/c1-10-19(5,17(24)25)15(12-7-6-11(21)8-14(12)20)13(9-22)16(23-10)18(2,3)4/h6-8,10,13,15H,1-5H3,(H,24,25). The van der Waals surface area contributed by atoms with E-state index in [1.165, 1.54) is 12.1 Å². The first kappa shape index (κ1) is 19.4. The molecular formula is C19H22ClFN2O2. The number of hydrogen-bond donors (Lipinski definition) is 1. The molecule has 1 heterocycles. The Kier molecular flexibility index (Phi) is 4.98. The lowest BCUT2D eigenvalue weighted by molar-refractivity contribution is -0.151. The van der Waals surface area contributed by atoms with Gasteiger partial charge in [-0.15, -0.1) is 0 Å². The van der Waals surface area contributed by atoms with Crippen LogP contribution in [0.2, 0.25) is 5.02 Å². The van der Waals surface area contributed by atoms with Crippen LogP contribution in [-0.2, 0) is 4.79 Å². The Bertz CT molecular complexity index is 779. The third-order valence-electron chi connectivity index (χ3n) is 5.14. The number of carboxylic acids is 1. The average molecular weight is 365 g/mol. The van der Waals surface area contributed by atoms with Crippen molar-refractivity contribution in [2.45, 2.75) is 46.6 Å². The minimum Gasteiger partial charge on any atom is -0.481 e. The molecule has 4 atom stereocenters. The Hall–Kier alpha value is -1.93. The highest BCUT2D eigenvalue weighted by Crippen LogP contribution is 2.52. The smallest absolute Gasteiger partial charge is 0.312 e. The van der Waals surface area contributed by atoms with Crippen LogP contribution in [0.5, 0.6) is 0 Å². The van der Waals surface area contributed by atoms with Crippen molar-refractivity contribution < 1.29 is 14.3 Å². The number of carboxylic acid groups (broad SMARTS) is 1. The maximum Gasteiger partial charge on any atom is 0.312 e. The van der Waals surface area contributed by atoms with Crippen molar-refractivity contribution in [1.82, 2.24) is 0 Å². The first-order valence-electron chi connectivity index (χ1n) is 8.10. The fourth-order valence-corrected chi connectivity index (χ4v) is 3.84. The van der Waals surface area contributed by atoms with E-state index in [0.29, 0.717) is 11.3 Å². The Labute approximate surface area is 152 Å². The van der Waals surface area contributed by atoms with E-state index >= 15 is 0 Å². The molecule has 0 fully saturated rings. The van der Waals surface area contributed by atoms with Gasteiger partial charge < -0.3 is 5.11 Å². The van der Waals surface area contributed by atoms with Gasteiger partial charge in [-0.3, -0.25) is 9.79 Å². The SMILES string of the molecule is CC1N=C(C(C)(C)C)C(C#N)C(c2ccc(F)cc2Cl)C1(C)C(=O)O. The van der Waals surface area contributed by atoms with E-state index in [2.05, 4.69) is 11.1 Å². The van der Waals surface area contributed by atoms with Crippen LogP contribution in [0.3, 0.4) is 0 Å². The lowest BCUT2D eigenvalue weighted by Gasteiger charge is -2.46. The molecule has 0 spiro atoms. The summed E-state index contributed by atoms with van der Waals surface area (Å²) in [6, 6.07) is 5.55. The molecule has 6 heteroatoms. The molecule has 0 saturated carbocycles. The summed E-state index contributed by atoms with van der Waals surface area (Å²) >= 11 is 6.24. The zero-order chi connectivity index (χ0) is 19.2. The van der Waals surface area contributed by atoms with Crippen LogP contribution in [-0.4, -0.2) is 22.8 Å². The summed E-state index contributed by atoms with van der Waals surface area (Å²) in [6.45, 7) is 9.14. The van der Waals surface area contributed by atoms with E-state index in [9.17, 15) is 19.6 Å². The third-order valence-corrected chi connectivity index (χ3v) is 5.47. The molecule has 1 aliphatic rings. The average Bonchev–Trinajstić information content (AvgIpc) is 2.49. The Morgan fingerprint density at radius 3 is 2.48 bits per heavy atom. The highest BCUT2D eigenvalue weighted by molar-refractivity contribution is 6.31. The van der Waals surface area contributed by atoms with Crippen molar-refractivity contribution in [3.8, 4) is 6.07 Å². The molecule has 2 rings (SSSR count). The molecule has 1 aromatic rings. The van der Waals surface area contributed by atoms with Gasteiger partial charge in [0.15, 0.2) is 0 Å². The van der Waals surface area contributed by atoms with Crippen LogP contribution < -0.4 is 0 Å². The molecule has 1 aliphatic heterocycles. The van der Waals surface area contributed by atoms with Crippen LogP contribution in [0.15, 0.2) is 23.2 Å². The van der Waals surface area contributed by atoms with Crippen molar-refractivity contribution in [2.24, 2.45) is 21.7 Å². The maximum absolute atomic E-state index is 13.5. The third kappa shape index (κ3) is 3.16. The van der Waals surface area contributed by atoms with Gasteiger partial charge in [-0.2, -0.15) is 5.26 Å².